The second-order valence-corrected chi connectivity index (χ2v) is 4.37. The zero-order valence-corrected chi connectivity index (χ0v) is 12.5. The summed E-state index contributed by atoms with van der Waals surface area (Å²) in [5.74, 6) is 0.189. The number of ether oxygens (including phenoxy) is 2. The van der Waals surface area contributed by atoms with Gasteiger partial charge in [-0.15, -0.1) is 0 Å². The van der Waals surface area contributed by atoms with Gasteiger partial charge in [-0.05, 0) is 17.7 Å². The molecule has 0 aliphatic rings. The fourth-order valence-electron chi connectivity index (χ4n) is 1.94. The summed E-state index contributed by atoms with van der Waals surface area (Å²) in [6.45, 7) is 0.305. The molecule has 0 aromatic heterocycles. The first-order valence-electron chi connectivity index (χ1n) is 6.72. The minimum Gasteiger partial charge on any atom is -0.489 e. The summed E-state index contributed by atoms with van der Waals surface area (Å²) < 4.78 is 10.5. The predicted octanol–water partition coefficient (Wildman–Crippen LogP) is 2.79. The van der Waals surface area contributed by atoms with Crippen LogP contribution < -0.4 is 4.74 Å². The lowest BCUT2D eigenvalue weighted by Crippen LogP contribution is -2.19. The molecular formula is C17H17NO4. The number of oxime groups is 1. The highest BCUT2D eigenvalue weighted by Gasteiger charge is 2.19. The first kappa shape index (κ1) is 15.6. The normalized spacial score (nSPS) is 10.9. The monoisotopic (exact) mass is 299 g/mol. The van der Waals surface area contributed by atoms with Crippen molar-refractivity contribution in [3.63, 3.8) is 0 Å². The maximum absolute atomic E-state index is 11.9. The molecule has 5 heteroatoms. The first-order chi connectivity index (χ1) is 10.8. The molecule has 0 unspecified atom stereocenters. The van der Waals surface area contributed by atoms with E-state index in [1.54, 1.807) is 6.07 Å². The van der Waals surface area contributed by atoms with Crippen LogP contribution in [-0.2, 0) is 21.0 Å². The highest BCUT2D eigenvalue weighted by atomic mass is 16.6. The summed E-state index contributed by atoms with van der Waals surface area (Å²) in [5, 5.41) is 3.77. The highest BCUT2D eigenvalue weighted by Crippen LogP contribution is 2.16. The van der Waals surface area contributed by atoms with Crippen molar-refractivity contribution in [2.75, 3.05) is 14.2 Å². The summed E-state index contributed by atoms with van der Waals surface area (Å²) in [6, 6.07) is 16.8. The topological polar surface area (TPSA) is 57.1 Å². The van der Waals surface area contributed by atoms with Crippen LogP contribution >= 0.6 is 0 Å². The fourth-order valence-corrected chi connectivity index (χ4v) is 1.94. The average Bonchev–Trinajstić information content (AvgIpc) is 2.58. The van der Waals surface area contributed by atoms with Gasteiger partial charge in [-0.3, -0.25) is 0 Å². The molecule has 0 heterocycles. The molecule has 2 aromatic rings. The van der Waals surface area contributed by atoms with Crippen molar-refractivity contribution in [2.24, 2.45) is 5.16 Å². The number of hydrogen-bond donors (Lipinski definition) is 0. The van der Waals surface area contributed by atoms with Gasteiger partial charge in [0.1, 0.15) is 19.5 Å². The highest BCUT2D eigenvalue weighted by molar-refractivity contribution is 6.43. The van der Waals surface area contributed by atoms with E-state index in [4.69, 9.17) is 14.3 Å². The van der Waals surface area contributed by atoms with Crippen LogP contribution in [-0.4, -0.2) is 25.9 Å². The Hall–Kier alpha value is -2.82. The zero-order valence-electron chi connectivity index (χ0n) is 12.5. The molecule has 114 valence electrons. The maximum atomic E-state index is 11.9. The molecule has 0 spiro atoms. The average molecular weight is 299 g/mol. The van der Waals surface area contributed by atoms with Crippen molar-refractivity contribution in [2.45, 2.75) is 6.61 Å². The smallest absolute Gasteiger partial charge is 0.360 e. The lowest BCUT2D eigenvalue weighted by atomic mass is 10.0. The van der Waals surface area contributed by atoms with E-state index in [0.717, 1.165) is 11.3 Å². The van der Waals surface area contributed by atoms with Gasteiger partial charge in [-0.25, -0.2) is 4.79 Å². The summed E-state index contributed by atoms with van der Waals surface area (Å²) in [4.78, 5) is 16.6. The number of esters is 1. The minimum atomic E-state index is -0.561. The molecule has 0 aliphatic carbocycles. The van der Waals surface area contributed by atoms with Crippen molar-refractivity contribution in [1.82, 2.24) is 0 Å². The van der Waals surface area contributed by atoms with Gasteiger partial charge in [0, 0.05) is 5.56 Å². The van der Waals surface area contributed by atoms with Crippen LogP contribution in [0.3, 0.4) is 0 Å². The summed E-state index contributed by atoms with van der Waals surface area (Å²) in [5.41, 5.74) is 1.54. The van der Waals surface area contributed by atoms with Crippen LogP contribution in [0.15, 0.2) is 59.8 Å². The Morgan fingerprint density at radius 1 is 1.00 bits per heavy atom. The van der Waals surface area contributed by atoms with Gasteiger partial charge in [0.25, 0.3) is 0 Å². The second-order valence-electron chi connectivity index (χ2n) is 4.37. The molecule has 0 bridgehead atoms. The SMILES string of the molecule is CON=C(C(=O)OC)c1ccccc1COc1ccccc1. The third kappa shape index (κ3) is 3.85. The van der Waals surface area contributed by atoms with E-state index in [9.17, 15) is 4.79 Å². The van der Waals surface area contributed by atoms with Crippen LogP contribution in [0.5, 0.6) is 5.75 Å². The Morgan fingerprint density at radius 2 is 1.68 bits per heavy atom. The third-order valence-electron chi connectivity index (χ3n) is 2.97. The minimum absolute atomic E-state index is 0.109. The Labute approximate surface area is 129 Å². The van der Waals surface area contributed by atoms with Crippen LogP contribution in [0.2, 0.25) is 0 Å². The lowest BCUT2D eigenvalue weighted by molar-refractivity contribution is -0.132. The molecule has 5 nitrogen and oxygen atoms in total. The Kier molecular flexibility index (Phi) is 5.54. The largest absolute Gasteiger partial charge is 0.489 e. The van der Waals surface area contributed by atoms with Gasteiger partial charge in [-0.1, -0.05) is 47.6 Å². The molecule has 0 amide bonds. The van der Waals surface area contributed by atoms with Gasteiger partial charge in [-0.2, -0.15) is 0 Å². The van der Waals surface area contributed by atoms with E-state index >= 15 is 0 Å². The number of rotatable bonds is 6. The Balaban J connectivity index is 2.26. The van der Waals surface area contributed by atoms with Crippen molar-refractivity contribution in [3.05, 3.63) is 65.7 Å². The second kappa shape index (κ2) is 7.83. The first-order valence-corrected chi connectivity index (χ1v) is 6.72. The molecular weight excluding hydrogens is 282 g/mol. The van der Waals surface area contributed by atoms with E-state index < -0.39 is 5.97 Å². The summed E-state index contributed by atoms with van der Waals surface area (Å²) >= 11 is 0. The van der Waals surface area contributed by atoms with Crippen LogP contribution in [0.1, 0.15) is 11.1 Å². The number of benzene rings is 2. The zero-order chi connectivity index (χ0) is 15.8. The number of methoxy groups -OCH3 is 1. The fraction of sp³-hybridized carbons (Fsp3) is 0.176. The van der Waals surface area contributed by atoms with E-state index in [1.807, 2.05) is 48.5 Å². The third-order valence-corrected chi connectivity index (χ3v) is 2.97. The van der Waals surface area contributed by atoms with Gasteiger partial charge in [0.05, 0.1) is 7.11 Å². The van der Waals surface area contributed by atoms with E-state index in [2.05, 4.69) is 5.16 Å². The molecule has 0 saturated carbocycles. The van der Waals surface area contributed by atoms with Crippen LogP contribution in [0, 0.1) is 0 Å². The van der Waals surface area contributed by atoms with Gasteiger partial charge < -0.3 is 14.3 Å². The number of nitrogens with zero attached hydrogens (tertiary/aromatic N) is 1. The van der Waals surface area contributed by atoms with Crippen molar-refractivity contribution >= 4 is 11.7 Å². The van der Waals surface area contributed by atoms with Crippen molar-refractivity contribution in [1.29, 1.82) is 0 Å². The maximum Gasteiger partial charge on any atom is 0.360 e. The number of hydrogen-bond acceptors (Lipinski definition) is 5. The summed E-state index contributed by atoms with van der Waals surface area (Å²) in [6.07, 6.45) is 0. The number of para-hydroxylation sites is 1. The van der Waals surface area contributed by atoms with E-state index in [1.165, 1.54) is 14.2 Å². The molecule has 0 atom stereocenters. The van der Waals surface area contributed by atoms with E-state index in [-0.39, 0.29) is 5.71 Å². The quantitative estimate of drug-likeness (QED) is 0.467. The molecule has 0 radical (unpaired) electrons. The van der Waals surface area contributed by atoms with Gasteiger partial charge in [0.15, 0.2) is 5.71 Å². The molecule has 0 saturated heterocycles. The van der Waals surface area contributed by atoms with Gasteiger partial charge in [0.2, 0.25) is 0 Å². The molecule has 0 N–H and O–H groups in total. The number of carbonyl (C=O) groups is 1. The molecule has 0 aliphatic heterocycles. The molecule has 0 fully saturated rings. The Morgan fingerprint density at radius 3 is 2.36 bits per heavy atom. The van der Waals surface area contributed by atoms with Crippen molar-refractivity contribution < 1.29 is 19.1 Å². The molecule has 2 rings (SSSR count). The lowest BCUT2D eigenvalue weighted by Gasteiger charge is -2.11. The predicted molar refractivity (Wildman–Crippen MR) is 82.8 cm³/mol. The van der Waals surface area contributed by atoms with Gasteiger partial charge >= 0.3 is 5.97 Å². The summed E-state index contributed by atoms with van der Waals surface area (Å²) in [7, 11) is 2.68. The number of carbonyl (C=O) groups excluding carboxylic acids is 1. The molecule has 22 heavy (non-hydrogen) atoms. The standard InChI is InChI=1S/C17H17NO4/c1-20-17(19)16(18-21-2)15-11-7-6-8-13(15)12-22-14-9-4-3-5-10-14/h3-11H,12H2,1-2H3. The van der Waals surface area contributed by atoms with Crippen molar-refractivity contribution in [3.8, 4) is 5.75 Å². The van der Waals surface area contributed by atoms with E-state index in [0.29, 0.717) is 12.2 Å². The van der Waals surface area contributed by atoms with Crippen LogP contribution in [0.4, 0.5) is 0 Å². The molecule has 2 aromatic carbocycles. The Bertz CT molecular complexity index is 653. The van der Waals surface area contributed by atoms with Crippen LogP contribution in [0.25, 0.3) is 0 Å².